The number of benzene rings is 1. The Bertz CT molecular complexity index is 499. The number of nitrogens with zero attached hydrogens (tertiary/aromatic N) is 1. The van der Waals surface area contributed by atoms with E-state index >= 15 is 0 Å². The number of hydrogen-bond acceptors (Lipinski definition) is 4. The number of rotatable bonds is 9. The van der Waals surface area contributed by atoms with Gasteiger partial charge in [-0.05, 0) is 45.3 Å². The van der Waals surface area contributed by atoms with Crippen LogP contribution in [0.3, 0.4) is 0 Å². The Hall–Kier alpha value is -1.59. The van der Waals surface area contributed by atoms with Crippen LogP contribution in [-0.2, 0) is 16.1 Å². The molecule has 1 heterocycles. The highest BCUT2D eigenvalue weighted by molar-refractivity contribution is 5.78. The van der Waals surface area contributed by atoms with E-state index in [4.69, 9.17) is 9.47 Å². The molecule has 0 aliphatic carbocycles. The Morgan fingerprint density at radius 3 is 2.75 bits per heavy atom. The van der Waals surface area contributed by atoms with E-state index in [2.05, 4.69) is 16.3 Å². The van der Waals surface area contributed by atoms with Gasteiger partial charge in [0.2, 0.25) is 5.91 Å². The molecule has 0 radical (unpaired) electrons. The first-order valence-corrected chi connectivity index (χ1v) is 8.94. The van der Waals surface area contributed by atoms with Gasteiger partial charge in [0.25, 0.3) is 0 Å². The molecule has 1 fully saturated rings. The molecule has 1 N–H and O–H groups in total. The third kappa shape index (κ3) is 5.80. The molecular weight excluding hydrogens is 304 g/mol. The van der Waals surface area contributed by atoms with Crippen molar-refractivity contribution in [3.05, 3.63) is 29.8 Å². The summed E-state index contributed by atoms with van der Waals surface area (Å²) in [7, 11) is 1.71. The van der Waals surface area contributed by atoms with E-state index in [1.807, 2.05) is 25.1 Å². The molecule has 5 heteroatoms. The van der Waals surface area contributed by atoms with Gasteiger partial charge in [0, 0.05) is 37.8 Å². The molecule has 1 aromatic carbocycles. The fourth-order valence-corrected chi connectivity index (χ4v) is 3.10. The summed E-state index contributed by atoms with van der Waals surface area (Å²) >= 11 is 0. The zero-order chi connectivity index (χ0) is 17.2. The molecule has 1 aliphatic heterocycles. The second-order valence-corrected chi connectivity index (χ2v) is 6.20. The van der Waals surface area contributed by atoms with Crippen LogP contribution in [0.1, 0.15) is 31.7 Å². The average molecular weight is 334 g/mol. The van der Waals surface area contributed by atoms with Crippen molar-refractivity contribution < 1.29 is 14.3 Å². The zero-order valence-electron chi connectivity index (χ0n) is 14.9. The number of likely N-dealkylation sites (tertiary alicyclic amines) is 1. The van der Waals surface area contributed by atoms with Crippen molar-refractivity contribution in [2.24, 2.45) is 5.92 Å². The van der Waals surface area contributed by atoms with Crippen molar-refractivity contribution >= 4 is 5.91 Å². The van der Waals surface area contributed by atoms with Gasteiger partial charge in [-0.25, -0.2) is 0 Å². The zero-order valence-corrected chi connectivity index (χ0v) is 14.9. The number of methoxy groups -OCH3 is 1. The normalized spacial score (nSPS) is 16.1. The van der Waals surface area contributed by atoms with Crippen LogP contribution in [-0.4, -0.2) is 50.8 Å². The van der Waals surface area contributed by atoms with Crippen LogP contribution < -0.4 is 10.1 Å². The van der Waals surface area contributed by atoms with E-state index in [-0.39, 0.29) is 11.8 Å². The van der Waals surface area contributed by atoms with Crippen molar-refractivity contribution in [1.82, 2.24) is 10.2 Å². The van der Waals surface area contributed by atoms with Crippen molar-refractivity contribution in [2.75, 3.05) is 40.0 Å². The molecule has 5 nitrogen and oxygen atoms in total. The molecule has 24 heavy (non-hydrogen) atoms. The lowest BCUT2D eigenvalue weighted by Gasteiger charge is -2.31. The van der Waals surface area contributed by atoms with Gasteiger partial charge in [-0.1, -0.05) is 18.2 Å². The molecule has 0 atom stereocenters. The summed E-state index contributed by atoms with van der Waals surface area (Å²) in [4.78, 5) is 14.6. The van der Waals surface area contributed by atoms with E-state index < -0.39 is 0 Å². The minimum Gasteiger partial charge on any atom is -0.496 e. The molecule has 0 aromatic heterocycles. The van der Waals surface area contributed by atoms with Crippen molar-refractivity contribution in [3.63, 3.8) is 0 Å². The monoisotopic (exact) mass is 334 g/mol. The number of ether oxygens (including phenoxy) is 2. The predicted molar refractivity (Wildman–Crippen MR) is 95.1 cm³/mol. The number of nitrogens with one attached hydrogen (secondary N) is 1. The number of carbonyl (C=O) groups excluding carboxylic acids is 1. The van der Waals surface area contributed by atoms with Crippen LogP contribution >= 0.6 is 0 Å². The van der Waals surface area contributed by atoms with Crippen LogP contribution in [0.2, 0.25) is 0 Å². The van der Waals surface area contributed by atoms with Gasteiger partial charge in [0.05, 0.1) is 7.11 Å². The van der Waals surface area contributed by atoms with Gasteiger partial charge in [-0.2, -0.15) is 0 Å². The van der Waals surface area contributed by atoms with E-state index in [0.717, 1.165) is 51.3 Å². The highest BCUT2D eigenvalue weighted by atomic mass is 16.5. The first-order chi connectivity index (χ1) is 11.7. The molecule has 1 amide bonds. The summed E-state index contributed by atoms with van der Waals surface area (Å²) in [6, 6.07) is 8.14. The molecule has 1 aliphatic rings. The Morgan fingerprint density at radius 1 is 1.29 bits per heavy atom. The quantitative estimate of drug-likeness (QED) is 0.705. The predicted octanol–water partition coefficient (Wildman–Crippen LogP) is 2.45. The number of para-hydroxylation sites is 1. The summed E-state index contributed by atoms with van der Waals surface area (Å²) in [5.41, 5.74) is 1.21. The molecule has 0 spiro atoms. The number of amides is 1. The summed E-state index contributed by atoms with van der Waals surface area (Å²) < 4.78 is 10.7. The van der Waals surface area contributed by atoms with Gasteiger partial charge in [-0.15, -0.1) is 0 Å². The SMILES string of the molecule is CCOCCCNC(=O)C1CCN(Cc2ccccc2OC)CC1. The highest BCUT2D eigenvalue weighted by Crippen LogP contribution is 2.23. The summed E-state index contributed by atoms with van der Waals surface area (Å²) in [5.74, 6) is 1.28. The van der Waals surface area contributed by atoms with E-state index in [1.165, 1.54) is 5.56 Å². The Morgan fingerprint density at radius 2 is 2.04 bits per heavy atom. The molecule has 0 unspecified atom stereocenters. The minimum absolute atomic E-state index is 0.144. The molecule has 2 rings (SSSR count). The molecule has 1 saturated heterocycles. The van der Waals surface area contributed by atoms with E-state index in [1.54, 1.807) is 7.11 Å². The third-order valence-corrected chi connectivity index (χ3v) is 4.51. The molecule has 134 valence electrons. The number of hydrogen-bond donors (Lipinski definition) is 1. The van der Waals surface area contributed by atoms with Crippen LogP contribution in [0.5, 0.6) is 5.75 Å². The van der Waals surface area contributed by atoms with Gasteiger partial charge >= 0.3 is 0 Å². The van der Waals surface area contributed by atoms with Crippen molar-refractivity contribution in [3.8, 4) is 5.75 Å². The fraction of sp³-hybridized carbons (Fsp3) is 0.632. The molecule has 0 saturated carbocycles. The van der Waals surface area contributed by atoms with Gasteiger partial charge in [-0.3, -0.25) is 9.69 Å². The summed E-state index contributed by atoms with van der Waals surface area (Å²) in [6.45, 7) is 6.93. The molecular formula is C19H30N2O3. The van der Waals surface area contributed by atoms with Crippen LogP contribution in [0.4, 0.5) is 0 Å². The Balaban J connectivity index is 1.70. The highest BCUT2D eigenvalue weighted by Gasteiger charge is 2.25. The average Bonchev–Trinajstić information content (AvgIpc) is 2.62. The second kappa shape index (κ2) is 10.3. The van der Waals surface area contributed by atoms with E-state index in [0.29, 0.717) is 13.2 Å². The largest absolute Gasteiger partial charge is 0.496 e. The standard InChI is InChI=1S/C19H30N2O3/c1-3-24-14-6-11-20-19(22)16-9-12-21(13-10-16)15-17-7-4-5-8-18(17)23-2/h4-5,7-8,16H,3,6,9-15H2,1-2H3,(H,20,22). The first-order valence-electron chi connectivity index (χ1n) is 8.94. The Kier molecular flexibility index (Phi) is 8.05. The lowest BCUT2D eigenvalue weighted by atomic mass is 9.95. The topological polar surface area (TPSA) is 50.8 Å². The second-order valence-electron chi connectivity index (χ2n) is 6.20. The lowest BCUT2D eigenvalue weighted by molar-refractivity contribution is -0.126. The number of piperidine rings is 1. The van der Waals surface area contributed by atoms with Gasteiger partial charge in [0.1, 0.15) is 5.75 Å². The summed E-state index contributed by atoms with van der Waals surface area (Å²) in [5, 5.41) is 3.04. The smallest absolute Gasteiger partial charge is 0.223 e. The van der Waals surface area contributed by atoms with Gasteiger partial charge in [0.15, 0.2) is 0 Å². The van der Waals surface area contributed by atoms with Crippen molar-refractivity contribution in [2.45, 2.75) is 32.7 Å². The van der Waals surface area contributed by atoms with Crippen molar-refractivity contribution in [1.29, 1.82) is 0 Å². The lowest BCUT2D eigenvalue weighted by Crippen LogP contribution is -2.40. The van der Waals surface area contributed by atoms with Gasteiger partial charge < -0.3 is 14.8 Å². The van der Waals surface area contributed by atoms with Crippen LogP contribution in [0.15, 0.2) is 24.3 Å². The van der Waals surface area contributed by atoms with E-state index in [9.17, 15) is 4.79 Å². The molecule has 0 bridgehead atoms. The first kappa shape index (κ1) is 18.7. The maximum Gasteiger partial charge on any atom is 0.223 e. The maximum atomic E-state index is 12.2. The molecule has 1 aromatic rings. The minimum atomic E-state index is 0.144. The fourth-order valence-electron chi connectivity index (χ4n) is 3.10. The summed E-state index contributed by atoms with van der Waals surface area (Å²) in [6.07, 6.45) is 2.73. The van der Waals surface area contributed by atoms with Crippen LogP contribution in [0, 0.1) is 5.92 Å². The maximum absolute atomic E-state index is 12.2. The Labute approximate surface area is 145 Å². The third-order valence-electron chi connectivity index (χ3n) is 4.51. The van der Waals surface area contributed by atoms with Crippen LogP contribution in [0.25, 0.3) is 0 Å². The number of carbonyl (C=O) groups is 1.